The fourth-order valence-corrected chi connectivity index (χ4v) is 3.20. The van der Waals surface area contributed by atoms with Crippen molar-refractivity contribution in [1.29, 1.82) is 0 Å². The summed E-state index contributed by atoms with van der Waals surface area (Å²) in [5, 5.41) is 1.91. The summed E-state index contributed by atoms with van der Waals surface area (Å²) >= 11 is 6.27. The zero-order valence-corrected chi connectivity index (χ0v) is 12.5. The molecule has 112 valence electrons. The van der Waals surface area contributed by atoms with Crippen LogP contribution in [-0.2, 0) is 16.1 Å². The summed E-state index contributed by atoms with van der Waals surface area (Å²) in [5.41, 5.74) is 0.479. The number of nitrogens with one attached hydrogen (secondary N) is 1. The van der Waals surface area contributed by atoms with Crippen molar-refractivity contribution < 1.29 is 14.3 Å². The van der Waals surface area contributed by atoms with Crippen LogP contribution in [0.4, 0.5) is 0 Å². The van der Waals surface area contributed by atoms with Crippen LogP contribution in [0.1, 0.15) is 18.4 Å². The number of methoxy groups -OCH3 is 1. The topological polar surface area (TPSA) is 58.6 Å². The van der Waals surface area contributed by atoms with Crippen LogP contribution in [0, 0.1) is 0 Å². The van der Waals surface area contributed by atoms with Gasteiger partial charge in [-0.15, -0.1) is 11.6 Å². The molecule has 3 rings (SSSR count). The van der Waals surface area contributed by atoms with E-state index in [4.69, 9.17) is 16.3 Å². The van der Waals surface area contributed by atoms with Gasteiger partial charge >= 0.3 is 0 Å². The number of ether oxygens (including phenoxy) is 1. The molecule has 0 aromatic heterocycles. The quantitative estimate of drug-likeness (QED) is 0.856. The Morgan fingerprint density at radius 1 is 1.33 bits per heavy atom. The number of rotatable bonds is 3. The molecule has 5 nitrogen and oxygen atoms in total. The first-order valence-corrected chi connectivity index (χ1v) is 7.36. The summed E-state index contributed by atoms with van der Waals surface area (Å²) in [5.74, 6) is 0.439. The summed E-state index contributed by atoms with van der Waals surface area (Å²) in [6.45, 7) is 0.473. The lowest BCUT2D eigenvalue weighted by Gasteiger charge is -2.31. The van der Waals surface area contributed by atoms with E-state index in [1.807, 2.05) is 24.3 Å². The zero-order chi connectivity index (χ0) is 15.0. The Balaban J connectivity index is 1.84. The van der Waals surface area contributed by atoms with Crippen LogP contribution in [0.15, 0.2) is 24.3 Å². The van der Waals surface area contributed by atoms with Crippen molar-refractivity contribution >= 4 is 23.4 Å². The average Bonchev–Trinajstić information content (AvgIpc) is 3.31. The third-order valence-corrected chi connectivity index (χ3v) is 4.82. The van der Waals surface area contributed by atoms with Crippen LogP contribution in [0.25, 0.3) is 0 Å². The van der Waals surface area contributed by atoms with Crippen molar-refractivity contribution in [2.75, 3.05) is 13.7 Å². The van der Waals surface area contributed by atoms with Gasteiger partial charge in [-0.3, -0.25) is 9.59 Å². The van der Waals surface area contributed by atoms with Gasteiger partial charge in [-0.05, 0) is 30.5 Å². The first-order chi connectivity index (χ1) is 10.1. The van der Waals surface area contributed by atoms with Crippen molar-refractivity contribution in [2.24, 2.45) is 0 Å². The van der Waals surface area contributed by atoms with Gasteiger partial charge in [0.1, 0.15) is 11.1 Å². The van der Waals surface area contributed by atoms with Crippen molar-refractivity contribution in [3.8, 4) is 5.75 Å². The first kappa shape index (κ1) is 14.2. The van der Waals surface area contributed by atoms with E-state index in [9.17, 15) is 9.59 Å². The van der Waals surface area contributed by atoms with Gasteiger partial charge < -0.3 is 15.0 Å². The number of amides is 2. The second-order valence-electron chi connectivity index (χ2n) is 5.51. The third kappa shape index (κ3) is 2.46. The van der Waals surface area contributed by atoms with E-state index in [2.05, 4.69) is 5.32 Å². The lowest BCUT2D eigenvalue weighted by Crippen LogP contribution is -2.47. The average molecular weight is 309 g/mol. The van der Waals surface area contributed by atoms with Gasteiger partial charge in [-0.1, -0.05) is 12.1 Å². The highest BCUT2D eigenvalue weighted by Gasteiger charge is 2.58. The minimum Gasteiger partial charge on any atom is -0.497 e. The van der Waals surface area contributed by atoms with E-state index in [0.29, 0.717) is 6.54 Å². The maximum Gasteiger partial charge on any atom is 0.242 e. The molecule has 0 bridgehead atoms. The van der Waals surface area contributed by atoms with Gasteiger partial charge in [0.25, 0.3) is 0 Å². The Labute approximate surface area is 128 Å². The van der Waals surface area contributed by atoms with Crippen molar-refractivity contribution in [3.63, 3.8) is 0 Å². The van der Waals surface area contributed by atoms with E-state index in [-0.39, 0.29) is 18.4 Å². The lowest BCUT2D eigenvalue weighted by atomic mass is 10.1. The van der Waals surface area contributed by atoms with Crippen molar-refractivity contribution in [1.82, 2.24) is 10.2 Å². The summed E-state index contributed by atoms with van der Waals surface area (Å²) in [7, 11) is 1.61. The molecule has 1 aliphatic carbocycles. The molecule has 1 aromatic carbocycles. The highest BCUT2D eigenvalue weighted by Crippen LogP contribution is 2.48. The van der Waals surface area contributed by atoms with Gasteiger partial charge in [0.2, 0.25) is 11.8 Å². The molecule has 1 heterocycles. The minimum atomic E-state index is -0.679. The molecule has 1 N–H and O–H groups in total. The number of hydrogen-bond acceptors (Lipinski definition) is 3. The lowest BCUT2D eigenvalue weighted by molar-refractivity contribution is -0.133. The molecular weight excluding hydrogens is 292 g/mol. The summed E-state index contributed by atoms with van der Waals surface area (Å²) in [6.07, 6.45) is 1.55. The van der Waals surface area contributed by atoms with Crippen LogP contribution < -0.4 is 10.1 Å². The summed E-state index contributed by atoms with van der Waals surface area (Å²) in [6, 6.07) is 7.56. The molecule has 6 heteroatoms. The van der Waals surface area contributed by atoms with Crippen LogP contribution >= 0.6 is 11.6 Å². The van der Waals surface area contributed by atoms with E-state index >= 15 is 0 Å². The van der Waals surface area contributed by atoms with Gasteiger partial charge in [0.05, 0.1) is 19.2 Å². The predicted octanol–water partition coefficient (Wildman–Crippen LogP) is 1.29. The molecule has 2 fully saturated rings. The molecule has 0 radical (unpaired) electrons. The minimum absolute atomic E-state index is 0.0138. The Morgan fingerprint density at radius 3 is 2.57 bits per heavy atom. The van der Waals surface area contributed by atoms with E-state index in [1.54, 1.807) is 12.0 Å². The van der Waals surface area contributed by atoms with Gasteiger partial charge in [-0.2, -0.15) is 0 Å². The third-order valence-electron chi connectivity index (χ3n) is 4.22. The number of halogens is 1. The molecule has 2 aliphatic rings. The van der Waals surface area contributed by atoms with Crippen LogP contribution in [0.5, 0.6) is 5.75 Å². The maximum atomic E-state index is 12.3. The number of benzene rings is 1. The predicted molar refractivity (Wildman–Crippen MR) is 78.2 cm³/mol. The Kier molecular flexibility index (Phi) is 3.53. The van der Waals surface area contributed by atoms with Crippen LogP contribution in [-0.4, -0.2) is 41.3 Å². The molecule has 1 aliphatic heterocycles. The van der Waals surface area contributed by atoms with Crippen molar-refractivity contribution in [2.45, 2.75) is 30.3 Å². The summed E-state index contributed by atoms with van der Waals surface area (Å²) in [4.78, 5) is 25.9. The normalized spacial score (nSPS) is 23.7. The highest BCUT2D eigenvalue weighted by atomic mass is 35.5. The second-order valence-corrected chi connectivity index (χ2v) is 5.95. The summed E-state index contributed by atoms with van der Waals surface area (Å²) < 4.78 is 5.13. The first-order valence-electron chi connectivity index (χ1n) is 6.92. The second kappa shape index (κ2) is 5.22. The number of alkyl halides is 1. The molecule has 21 heavy (non-hydrogen) atoms. The largest absolute Gasteiger partial charge is 0.497 e. The van der Waals surface area contributed by atoms with Gasteiger partial charge in [0.15, 0.2) is 0 Å². The molecular formula is C15H17ClN2O3. The number of carbonyl (C=O) groups excluding carboxylic acids is 2. The number of hydrogen-bond donors (Lipinski definition) is 1. The van der Waals surface area contributed by atoms with E-state index < -0.39 is 10.9 Å². The van der Waals surface area contributed by atoms with Gasteiger partial charge in [-0.25, -0.2) is 0 Å². The standard InChI is InChI=1S/C15H17ClN2O3/c1-21-11-4-2-10(3-5-11)9-18-12(19)8-17-14(20)13(16)15(18)6-7-15/h2-5,13H,6-9H2,1H3,(H,17,20). The van der Waals surface area contributed by atoms with E-state index in [1.165, 1.54) is 0 Å². The molecule has 1 saturated heterocycles. The monoisotopic (exact) mass is 308 g/mol. The molecule has 1 aromatic rings. The van der Waals surface area contributed by atoms with Crippen LogP contribution in [0.2, 0.25) is 0 Å². The fraction of sp³-hybridized carbons (Fsp3) is 0.467. The molecule has 1 spiro atoms. The molecule has 1 atom stereocenters. The highest BCUT2D eigenvalue weighted by molar-refractivity contribution is 6.32. The van der Waals surface area contributed by atoms with Crippen molar-refractivity contribution in [3.05, 3.63) is 29.8 Å². The maximum absolute atomic E-state index is 12.3. The number of nitrogens with zero attached hydrogens (tertiary/aromatic N) is 1. The van der Waals surface area contributed by atoms with E-state index in [0.717, 1.165) is 24.2 Å². The Hall–Kier alpha value is -1.75. The molecule has 1 unspecified atom stereocenters. The SMILES string of the molecule is COc1ccc(CN2C(=O)CNC(=O)C(Cl)C23CC3)cc1. The molecule has 2 amide bonds. The number of carbonyl (C=O) groups is 2. The zero-order valence-electron chi connectivity index (χ0n) is 11.8. The van der Waals surface area contributed by atoms with Crippen LogP contribution in [0.3, 0.4) is 0 Å². The Bertz CT molecular complexity index is 569. The smallest absolute Gasteiger partial charge is 0.242 e. The fourth-order valence-electron chi connectivity index (χ4n) is 2.79. The molecule has 1 saturated carbocycles. The Morgan fingerprint density at radius 2 is 2.00 bits per heavy atom. The van der Waals surface area contributed by atoms with Gasteiger partial charge in [0, 0.05) is 6.54 Å².